The molecule has 0 aliphatic rings. The molecule has 0 aliphatic heterocycles. The molecule has 2 N–H and O–H groups in total. The summed E-state index contributed by atoms with van der Waals surface area (Å²) in [7, 11) is 2.02. The second-order valence-electron chi connectivity index (χ2n) is 4.32. The predicted molar refractivity (Wildman–Crippen MR) is 73.2 cm³/mol. The molecule has 4 nitrogen and oxygen atoms in total. The summed E-state index contributed by atoms with van der Waals surface area (Å²) in [5.41, 5.74) is 8.14. The van der Waals surface area contributed by atoms with Gasteiger partial charge in [0.05, 0.1) is 6.54 Å². The van der Waals surface area contributed by atoms with Crippen molar-refractivity contribution in [3.63, 3.8) is 0 Å². The standard InChI is InChI=1S/C14H18N4/c1-11-5-3-4-6-12(11)10-18(2)14-7-8-16-13(9-15)17-14/h3-8H,9-10,15H2,1-2H3. The normalized spacial score (nSPS) is 10.4. The van der Waals surface area contributed by atoms with E-state index in [-0.39, 0.29) is 0 Å². The fraction of sp³-hybridized carbons (Fsp3) is 0.286. The zero-order chi connectivity index (χ0) is 13.0. The molecule has 1 aromatic heterocycles. The number of benzene rings is 1. The Bertz CT molecular complexity index is 525. The van der Waals surface area contributed by atoms with Gasteiger partial charge in [-0.3, -0.25) is 0 Å². The lowest BCUT2D eigenvalue weighted by atomic mass is 10.1. The van der Waals surface area contributed by atoms with Crippen LogP contribution in [0.2, 0.25) is 0 Å². The largest absolute Gasteiger partial charge is 0.355 e. The lowest BCUT2D eigenvalue weighted by Crippen LogP contribution is -2.19. The Labute approximate surface area is 107 Å². The molecule has 0 amide bonds. The molecule has 4 heteroatoms. The minimum Gasteiger partial charge on any atom is -0.355 e. The lowest BCUT2D eigenvalue weighted by Gasteiger charge is -2.19. The van der Waals surface area contributed by atoms with E-state index in [4.69, 9.17) is 5.73 Å². The van der Waals surface area contributed by atoms with E-state index in [2.05, 4.69) is 46.1 Å². The number of aromatic nitrogens is 2. The van der Waals surface area contributed by atoms with Crippen LogP contribution in [0.1, 0.15) is 17.0 Å². The summed E-state index contributed by atoms with van der Waals surface area (Å²) in [6, 6.07) is 10.3. The average Bonchev–Trinajstić information content (AvgIpc) is 2.41. The van der Waals surface area contributed by atoms with Crippen LogP contribution in [0.5, 0.6) is 0 Å². The molecule has 0 fully saturated rings. The van der Waals surface area contributed by atoms with Crippen LogP contribution in [0.3, 0.4) is 0 Å². The molecule has 0 saturated heterocycles. The molecule has 0 radical (unpaired) electrons. The number of nitrogens with two attached hydrogens (primary N) is 1. The molecule has 0 spiro atoms. The molecular formula is C14H18N4. The van der Waals surface area contributed by atoms with E-state index in [1.807, 2.05) is 13.1 Å². The SMILES string of the molecule is Cc1ccccc1CN(C)c1ccnc(CN)n1. The fourth-order valence-electron chi connectivity index (χ4n) is 1.82. The van der Waals surface area contributed by atoms with Crippen LogP contribution in [0.4, 0.5) is 5.82 Å². The van der Waals surface area contributed by atoms with Crippen LogP contribution >= 0.6 is 0 Å². The Morgan fingerprint density at radius 2 is 2.00 bits per heavy atom. The molecule has 94 valence electrons. The highest BCUT2D eigenvalue weighted by Crippen LogP contribution is 2.14. The van der Waals surface area contributed by atoms with Gasteiger partial charge < -0.3 is 10.6 Å². The van der Waals surface area contributed by atoms with Crippen molar-refractivity contribution < 1.29 is 0 Å². The first-order valence-electron chi connectivity index (χ1n) is 5.98. The summed E-state index contributed by atoms with van der Waals surface area (Å²) in [5, 5.41) is 0. The second-order valence-corrected chi connectivity index (χ2v) is 4.32. The van der Waals surface area contributed by atoms with Gasteiger partial charge in [-0.25, -0.2) is 9.97 Å². The van der Waals surface area contributed by atoms with Crippen LogP contribution in [-0.2, 0) is 13.1 Å². The van der Waals surface area contributed by atoms with Gasteiger partial charge in [0.15, 0.2) is 0 Å². The van der Waals surface area contributed by atoms with Gasteiger partial charge in [-0.05, 0) is 24.1 Å². The van der Waals surface area contributed by atoms with Gasteiger partial charge in [0.25, 0.3) is 0 Å². The van der Waals surface area contributed by atoms with Crippen LogP contribution in [0.25, 0.3) is 0 Å². The zero-order valence-electron chi connectivity index (χ0n) is 10.8. The lowest BCUT2D eigenvalue weighted by molar-refractivity contribution is 0.846. The number of nitrogens with zero attached hydrogens (tertiary/aromatic N) is 3. The molecule has 0 aliphatic carbocycles. The van der Waals surface area contributed by atoms with Crippen molar-refractivity contribution in [1.82, 2.24) is 9.97 Å². The summed E-state index contributed by atoms with van der Waals surface area (Å²) in [6.45, 7) is 3.31. The average molecular weight is 242 g/mol. The monoisotopic (exact) mass is 242 g/mol. The van der Waals surface area contributed by atoms with Crippen LogP contribution < -0.4 is 10.6 Å². The quantitative estimate of drug-likeness (QED) is 0.889. The highest BCUT2D eigenvalue weighted by Gasteiger charge is 2.06. The Kier molecular flexibility index (Phi) is 3.89. The van der Waals surface area contributed by atoms with E-state index >= 15 is 0 Å². The number of hydrogen-bond acceptors (Lipinski definition) is 4. The Morgan fingerprint density at radius 3 is 2.72 bits per heavy atom. The van der Waals surface area contributed by atoms with Crippen molar-refractivity contribution in [2.75, 3.05) is 11.9 Å². The molecule has 2 aromatic rings. The van der Waals surface area contributed by atoms with Gasteiger partial charge in [0.1, 0.15) is 11.6 Å². The van der Waals surface area contributed by atoms with Crippen LogP contribution in [0, 0.1) is 6.92 Å². The summed E-state index contributed by atoms with van der Waals surface area (Å²) in [6.07, 6.45) is 1.75. The first kappa shape index (κ1) is 12.5. The molecule has 2 rings (SSSR count). The van der Waals surface area contributed by atoms with Gasteiger partial charge in [0, 0.05) is 19.8 Å². The van der Waals surface area contributed by atoms with Gasteiger partial charge in [-0.15, -0.1) is 0 Å². The molecule has 0 unspecified atom stereocenters. The molecule has 0 bridgehead atoms. The minimum absolute atomic E-state index is 0.367. The van der Waals surface area contributed by atoms with Gasteiger partial charge in [-0.2, -0.15) is 0 Å². The van der Waals surface area contributed by atoms with E-state index in [1.165, 1.54) is 11.1 Å². The highest BCUT2D eigenvalue weighted by atomic mass is 15.2. The van der Waals surface area contributed by atoms with E-state index in [0.717, 1.165) is 12.4 Å². The minimum atomic E-state index is 0.367. The summed E-state index contributed by atoms with van der Waals surface area (Å²) in [4.78, 5) is 10.6. The highest BCUT2D eigenvalue weighted by molar-refractivity contribution is 5.39. The maximum Gasteiger partial charge on any atom is 0.144 e. The summed E-state index contributed by atoms with van der Waals surface area (Å²) < 4.78 is 0. The van der Waals surface area contributed by atoms with E-state index in [9.17, 15) is 0 Å². The number of aryl methyl sites for hydroxylation is 1. The van der Waals surface area contributed by atoms with Crippen LogP contribution in [0.15, 0.2) is 36.5 Å². The molecule has 0 atom stereocenters. The first-order chi connectivity index (χ1) is 8.70. The van der Waals surface area contributed by atoms with Crippen molar-refractivity contribution >= 4 is 5.82 Å². The Hall–Kier alpha value is -1.94. The number of hydrogen-bond donors (Lipinski definition) is 1. The fourth-order valence-corrected chi connectivity index (χ4v) is 1.82. The molecule has 0 saturated carbocycles. The third-order valence-corrected chi connectivity index (χ3v) is 2.93. The first-order valence-corrected chi connectivity index (χ1v) is 5.98. The van der Waals surface area contributed by atoms with Crippen molar-refractivity contribution in [2.45, 2.75) is 20.0 Å². The summed E-state index contributed by atoms with van der Waals surface area (Å²) >= 11 is 0. The maximum absolute atomic E-state index is 5.55. The van der Waals surface area contributed by atoms with E-state index in [0.29, 0.717) is 12.4 Å². The smallest absolute Gasteiger partial charge is 0.144 e. The zero-order valence-corrected chi connectivity index (χ0v) is 10.8. The van der Waals surface area contributed by atoms with E-state index in [1.54, 1.807) is 6.20 Å². The maximum atomic E-state index is 5.55. The topological polar surface area (TPSA) is 55.0 Å². The van der Waals surface area contributed by atoms with Crippen LogP contribution in [-0.4, -0.2) is 17.0 Å². The molecule has 1 heterocycles. The van der Waals surface area contributed by atoms with Crippen molar-refractivity contribution in [3.8, 4) is 0 Å². The Balaban J connectivity index is 2.16. The second kappa shape index (κ2) is 5.60. The van der Waals surface area contributed by atoms with Crippen molar-refractivity contribution in [1.29, 1.82) is 0 Å². The molecule has 1 aromatic carbocycles. The number of rotatable bonds is 4. The van der Waals surface area contributed by atoms with Gasteiger partial charge >= 0.3 is 0 Å². The van der Waals surface area contributed by atoms with Crippen molar-refractivity contribution in [3.05, 3.63) is 53.5 Å². The van der Waals surface area contributed by atoms with Crippen molar-refractivity contribution in [2.24, 2.45) is 5.73 Å². The third kappa shape index (κ3) is 2.84. The van der Waals surface area contributed by atoms with Gasteiger partial charge in [0.2, 0.25) is 0 Å². The predicted octanol–water partition coefficient (Wildman–Crippen LogP) is 1.88. The molecule has 18 heavy (non-hydrogen) atoms. The Morgan fingerprint density at radius 1 is 1.22 bits per heavy atom. The molecular weight excluding hydrogens is 224 g/mol. The third-order valence-electron chi connectivity index (χ3n) is 2.93. The number of anilines is 1. The van der Waals surface area contributed by atoms with E-state index < -0.39 is 0 Å². The summed E-state index contributed by atoms with van der Waals surface area (Å²) in [5.74, 6) is 1.57. The van der Waals surface area contributed by atoms with Gasteiger partial charge in [-0.1, -0.05) is 24.3 Å².